The number of hydrogen-bond acceptors (Lipinski definition) is 5. The molecule has 0 aromatic carbocycles. The molecule has 7 nitrogen and oxygen atoms in total. The van der Waals surface area contributed by atoms with Gasteiger partial charge in [0.2, 0.25) is 0 Å². The Hall–Kier alpha value is -2.44. The number of aromatic carboxylic acids is 1. The lowest BCUT2D eigenvalue weighted by Crippen LogP contribution is -2.06. The number of aromatic nitrogens is 4. The first kappa shape index (κ1) is 12.0. The number of rotatable bonds is 3. The van der Waals surface area contributed by atoms with Gasteiger partial charge in [-0.05, 0) is 13.8 Å². The highest BCUT2D eigenvalue weighted by atomic mass is 16.5. The third kappa shape index (κ3) is 2.29. The highest BCUT2D eigenvalue weighted by Gasteiger charge is 2.18. The lowest BCUT2D eigenvalue weighted by atomic mass is 10.1. The molecule has 2 heterocycles. The van der Waals surface area contributed by atoms with Crippen molar-refractivity contribution in [1.82, 2.24) is 19.7 Å². The van der Waals surface area contributed by atoms with Crippen LogP contribution in [0.2, 0.25) is 0 Å². The summed E-state index contributed by atoms with van der Waals surface area (Å²) in [6.45, 7) is 3.38. The predicted molar refractivity (Wildman–Crippen MR) is 61.7 cm³/mol. The van der Waals surface area contributed by atoms with E-state index in [4.69, 9.17) is 9.84 Å². The molecule has 18 heavy (non-hydrogen) atoms. The van der Waals surface area contributed by atoms with Crippen LogP contribution in [-0.2, 0) is 7.05 Å². The maximum absolute atomic E-state index is 11.2. The molecule has 0 saturated carbocycles. The molecule has 94 valence electrons. The minimum absolute atomic E-state index is 0.0213. The molecule has 0 unspecified atom stereocenters. The number of aryl methyl sites for hydroxylation is 3. The molecule has 0 spiro atoms. The third-order valence-corrected chi connectivity index (χ3v) is 2.29. The van der Waals surface area contributed by atoms with Gasteiger partial charge in [0, 0.05) is 18.8 Å². The van der Waals surface area contributed by atoms with E-state index in [1.165, 1.54) is 11.0 Å². The summed E-state index contributed by atoms with van der Waals surface area (Å²) in [4.78, 5) is 19.2. The van der Waals surface area contributed by atoms with Gasteiger partial charge in [0.25, 0.3) is 0 Å². The first-order valence-electron chi connectivity index (χ1n) is 5.22. The normalized spacial score (nSPS) is 10.4. The lowest BCUT2D eigenvalue weighted by Gasteiger charge is -2.08. The molecule has 2 rings (SSSR count). The Balaban J connectivity index is 2.45. The highest BCUT2D eigenvalue weighted by Crippen LogP contribution is 2.25. The van der Waals surface area contributed by atoms with Gasteiger partial charge < -0.3 is 9.84 Å². The molecule has 2 aromatic rings. The maximum Gasteiger partial charge on any atom is 0.341 e. The zero-order valence-electron chi connectivity index (χ0n) is 10.2. The Bertz CT molecular complexity index is 606. The minimum Gasteiger partial charge on any atom is -0.477 e. The van der Waals surface area contributed by atoms with Gasteiger partial charge in [-0.1, -0.05) is 0 Å². The lowest BCUT2D eigenvalue weighted by molar-refractivity contribution is 0.0692. The number of carbonyl (C=O) groups is 1. The summed E-state index contributed by atoms with van der Waals surface area (Å²) >= 11 is 0. The Morgan fingerprint density at radius 1 is 1.44 bits per heavy atom. The average molecular weight is 248 g/mol. The van der Waals surface area contributed by atoms with Crippen LogP contribution in [0.15, 0.2) is 12.4 Å². The summed E-state index contributed by atoms with van der Waals surface area (Å²) in [5.74, 6) is -0.898. The van der Waals surface area contributed by atoms with Crippen molar-refractivity contribution in [2.45, 2.75) is 13.8 Å². The van der Waals surface area contributed by atoms with Gasteiger partial charge in [-0.3, -0.25) is 9.67 Å². The molecule has 0 atom stereocenters. The summed E-state index contributed by atoms with van der Waals surface area (Å²) < 4.78 is 6.86. The van der Waals surface area contributed by atoms with Crippen LogP contribution >= 0.6 is 0 Å². The second-order valence-corrected chi connectivity index (χ2v) is 3.83. The molecule has 0 bridgehead atoms. The topological polar surface area (TPSA) is 90.1 Å². The van der Waals surface area contributed by atoms with Crippen LogP contribution in [0.5, 0.6) is 11.8 Å². The fourth-order valence-corrected chi connectivity index (χ4v) is 1.60. The van der Waals surface area contributed by atoms with E-state index >= 15 is 0 Å². The molecule has 0 saturated heterocycles. The largest absolute Gasteiger partial charge is 0.477 e. The molecular weight excluding hydrogens is 236 g/mol. The van der Waals surface area contributed by atoms with Crippen LogP contribution in [-0.4, -0.2) is 30.8 Å². The van der Waals surface area contributed by atoms with Gasteiger partial charge in [-0.25, -0.2) is 4.79 Å². The van der Waals surface area contributed by atoms with Gasteiger partial charge in [0.15, 0.2) is 0 Å². The first-order chi connectivity index (χ1) is 8.47. The molecule has 0 aliphatic heterocycles. The van der Waals surface area contributed by atoms with E-state index in [9.17, 15) is 4.79 Å². The molecule has 0 amide bonds. The van der Waals surface area contributed by atoms with Crippen LogP contribution in [0, 0.1) is 13.8 Å². The zero-order chi connectivity index (χ0) is 13.3. The summed E-state index contributed by atoms with van der Waals surface area (Å²) in [6.07, 6.45) is 1.47. The van der Waals surface area contributed by atoms with E-state index < -0.39 is 5.97 Å². The quantitative estimate of drug-likeness (QED) is 0.880. The first-order valence-corrected chi connectivity index (χ1v) is 5.22. The van der Waals surface area contributed by atoms with Gasteiger partial charge in [0.1, 0.15) is 17.6 Å². The van der Waals surface area contributed by atoms with E-state index in [1.807, 2.05) is 0 Å². The Labute approximate surface area is 103 Å². The van der Waals surface area contributed by atoms with Crippen LogP contribution in [0.3, 0.4) is 0 Å². The van der Waals surface area contributed by atoms with Crippen LogP contribution in [0.1, 0.15) is 21.7 Å². The third-order valence-electron chi connectivity index (χ3n) is 2.29. The second-order valence-electron chi connectivity index (χ2n) is 3.83. The molecule has 2 aromatic heterocycles. The molecule has 7 heteroatoms. The Kier molecular flexibility index (Phi) is 2.97. The predicted octanol–water partition coefficient (Wildman–Crippen LogP) is 1.32. The van der Waals surface area contributed by atoms with Crippen molar-refractivity contribution >= 4 is 5.97 Å². The Morgan fingerprint density at radius 2 is 2.17 bits per heavy atom. The molecule has 0 aliphatic carbocycles. The SMILES string of the molecule is Cc1cc(Oc2ncn(C)n2)c(C(=O)O)c(C)n1. The monoisotopic (exact) mass is 248 g/mol. The van der Waals surface area contributed by atoms with E-state index in [1.54, 1.807) is 27.0 Å². The smallest absolute Gasteiger partial charge is 0.341 e. The van der Waals surface area contributed by atoms with Crippen LogP contribution in [0.25, 0.3) is 0 Å². The highest BCUT2D eigenvalue weighted by molar-refractivity contribution is 5.92. The fourth-order valence-electron chi connectivity index (χ4n) is 1.60. The summed E-state index contributed by atoms with van der Waals surface area (Å²) in [7, 11) is 1.70. The maximum atomic E-state index is 11.2. The van der Waals surface area contributed by atoms with Gasteiger partial charge >= 0.3 is 12.0 Å². The van der Waals surface area contributed by atoms with Crippen LogP contribution < -0.4 is 4.74 Å². The number of ether oxygens (including phenoxy) is 1. The van der Waals surface area contributed by atoms with E-state index in [2.05, 4.69) is 15.1 Å². The van der Waals surface area contributed by atoms with Crippen molar-refractivity contribution in [2.75, 3.05) is 0 Å². The van der Waals surface area contributed by atoms with Crippen molar-refractivity contribution in [3.8, 4) is 11.8 Å². The van der Waals surface area contributed by atoms with E-state index in [-0.39, 0.29) is 17.3 Å². The summed E-state index contributed by atoms with van der Waals surface area (Å²) in [5, 5.41) is 13.1. The molecule has 0 aliphatic rings. The van der Waals surface area contributed by atoms with Crippen molar-refractivity contribution in [1.29, 1.82) is 0 Å². The van der Waals surface area contributed by atoms with Gasteiger partial charge in [0.05, 0.1) is 5.69 Å². The average Bonchev–Trinajstić information content (AvgIpc) is 2.62. The molecule has 0 fully saturated rings. The summed E-state index contributed by atoms with van der Waals surface area (Å²) in [5.41, 5.74) is 1.09. The number of nitrogens with zero attached hydrogens (tertiary/aromatic N) is 4. The number of pyridine rings is 1. The zero-order valence-corrected chi connectivity index (χ0v) is 10.2. The molecular formula is C11H12N4O3. The van der Waals surface area contributed by atoms with Crippen LogP contribution in [0.4, 0.5) is 0 Å². The fraction of sp³-hybridized carbons (Fsp3) is 0.273. The standard InChI is InChI=1S/C11H12N4O3/c1-6-4-8(9(10(16)17)7(2)13-6)18-11-12-5-15(3)14-11/h4-5H,1-3H3,(H,16,17). The Morgan fingerprint density at radius 3 is 2.72 bits per heavy atom. The van der Waals surface area contributed by atoms with Gasteiger partial charge in [-0.2, -0.15) is 4.98 Å². The number of carboxylic acids is 1. The minimum atomic E-state index is -1.09. The van der Waals surface area contributed by atoms with Crippen molar-refractivity contribution < 1.29 is 14.6 Å². The molecule has 1 N–H and O–H groups in total. The van der Waals surface area contributed by atoms with E-state index in [0.717, 1.165) is 0 Å². The van der Waals surface area contributed by atoms with Crippen molar-refractivity contribution in [2.24, 2.45) is 7.05 Å². The second kappa shape index (κ2) is 4.44. The van der Waals surface area contributed by atoms with Gasteiger partial charge in [-0.15, -0.1) is 5.10 Å². The van der Waals surface area contributed by atoms with Crippen molar-refractivity contribution in [3.05, 3.63) is 29.3 Å². The molecule has 0 radical (unpaired) electrons. The van der Waals surface area contributed by atoms with E-state index in [0.29, 0.717) is 11.4 Å². The summed E-state index contributed by atoms with van der Waals surface area (Å²) in [6, 6.07) is 1.65. The number of hydrogen-bond donors (Lipinski definition) is 1. The van der Waals surface area contributed by atoms with Crippen molar-refractivity contribution in [3.63, 3.8) is 0 Å². The number of carboxylic acid groups (broad SMARTS) is 1.